The molecule has 174 valence electrons. The van der Waals surface area contributed by atoms with Gasteiger partial charge in [0.25, 0.3) is 0 Å². The molecule has 0 aliphatic carbocycles. The fraction of sp³-hybridized carbons (Fsp3) is 0.762. The molecule has 3 N–H and O–H groups in total. The molecule has 0 aliphatic heterocycles. The summed E-state index contributed by atoms with van der Waals surface area (Å²) in [5.41, 5.74) is -0.0477. The van der Waals surface area contributed by atoms with Gasteiger partial charge in [-0.1, -0.05) is 32.9 Å². The summed E-state index contributed by atoms with van der Waals surface area (Å²) in [5, 5.41) is 13.7. The monoisotopic (exact) mass is 537 g/mol. The van der Waals surface area contributed by atoms with Crippen molar-refractivity contribution >= 4 is 36.0 Å². The first kappa shape index (κ1) is 28.5. The molecule has 0 aliphatic rings. The minimum Gasteiger partial charge on any atom is -0.444 e. The maximum Gasteiger partial charge on any atom is 0.408 e. The summed E-state index contributed by atoms with van der Waals surface area (Å²) in [6.07, 6.45) is 1.11. The fourth-order valence-electron chi connectivity index (χ4n) is 2.67. The first-order chi connectivity index (χ1) is 13.5. The van der Waals surface area contributed by atoms with E-state index in [1.165, 1.54) is 0 Å². The van der Waals surface area contributed by atoms with Crippen LogP contribution in [0.15, 0.2) is 15.6 Å². The van der Waals surface area contributed by atoms with Gasteiger partial charge in [0.05, 0.1) is 11.2 Å². The third-order valence-electron chi connectivity index (χ3n) is 4.62. The van der Waals surface area contributed by atoms with Crippen LogP contribution in [-0.4, -0.2) is 41.4 Å². The van der Waals surface area contributed by atoms with Crippen LogP contribution < -0.4 is 16.0 Å². The quantitative estimate of drug-likeness (QED) is 0.243. The molecule has 30 heavy (non-hydrogen) atoms. The lowest BCUT2D eigenvalue weighted by atomic mass is 9.93. The molecule has 0 fully saturated rings. The Morgan fingerprint density at radius 3 is 2.30 bits per heavy atom. The van der Waals surface area contributed by atoms with E-state index >= 15 is 0 Å². The van der Waals surface area contributed by atoms with E-state index < -0.39 is 17.2 Å². The van der Waals surface area contributed by atoms with Gasteiger partial charge in [0.2, 0.25) is 0 Å². The van der Waals surface area contributed by atoms with Crippen LogP contribution in [0.5, 0.6) is 0 Å². The van der Waals surface area contributed by atoms with E-state index in [1.54, 1.807) is 0 Å². The third kappa shape index (κ3) is 9.99. The molecule has 1 aromatic rings. The minimum absolute atomic E-state index is 0. The molecule has 1 aromatic heterocycles. The number of halogens is 1. The summed E-state index contributed by atoms with van der Waals surface area (Å²) in [7, 11) is 0. The Morgan fingerprint density at radius 1 is 1.20 bits per heavy atom. The second-order valence-corrected chi connectivity index (χ2v) is 8.54. The van der Waals surface area contributed by atoms with Crippen molar-refractivity contribution in [2.24, 2.45) is 4.99 Å². The summed E-state index contributed by atoms with van der Waals surface area (Å²) in [4.78, 5) is 16.9. The number of aromatic nitrogens is 1. The van der Waals surface area contributed by atoms with Crippen LogP contribution >= 0.6 is 24.0 Å². The Morgan fingerprint density at radius 2 is 1.83 bits per heavy atom. The molecule has 0 saturated heterocycles. The van der Waals surface area contributed by atoms with Gasteiger partial charge in [-0.05, 0) is 46.5 Å². The largest absolute Gasteiger partial charge is 0.444 e. The van der Waals surface area contributed by atoms with Gasteiger partial charge in [-0.15, -0.1) is 24.0 Å². The number of nitrogens with zero attached hydrogens (tertiary/aromatic N) is 2. The summed E-state index contributed by atoms with van der Waals surface area (Å²) in [6, 6.07) is 1.93. The van der Waals surface area contributed by atoms with Crippen LogP contribution in [0.25, 0.3) is 0 Å². The van der Waals surface area contributed by atoms with Crippen LogP contribution in [0, 0.1) is 0 Å². The van der Waals surface area contributed by atoms with Crippen molar-refractivity contribution in [2.45, 2.75) is 91.8 Å². The van der Waals surface area contributed by atoms with Gasteiger partial charge in [-0.3, -0.25) is 0 Å². The van der Waals surface area contributed by atoms with Gasteiger partial charge in [-0.25, -0.2) is 9.79 Å². The molecule has 0 unspecified atom stereocenters. The number of carbonyl (C=O) groups excluding carboxylic acids is 1. The van der Waals surface area contributed by atoms with Crippen LogP contribution in [0.4, 0.5) is 4.79 Å². The number of alkyl carbamates (subject to hydrolysis) is 1. The Kier molecular flexibility index (Phi) is 12.4. The number of guanidine groups is 1. The number of hydrogen-bond donors (Lipinski definition) is 3. The highest BCUT2D eigenvalue weighted by atomic mass is 127. The zero-order valence-corrected chi connectivity index (χ0v) is 22.0. The number of nitrogens with one attached hydrogen (secondary N) is 3. The SMILES string of the molecule is CCNC(=NCc1cc(C(C)C)no1)NCC(CC)(CC)NC(=O)OC(C)(C)C.I. The zero-order chi connectivity index (χ0) is 22.1. The van der Waals surface area contributed by atoms with Gasteiger partial charge >= 0.3 is 6.09 Å². The molecule has 1 rings (SSSR count). The van der Waals surface area contributed by atoms with Crippen LogP contribution in [-0.2, 0) is 11.3 Å². The van der Waals surface area contributed by atoms with Crippen molar-refractivity contribution in [1.82, 2.24) is 21.1 Å². The van der Waals surface area contributed by atoms with Gasteiger partial charge in [0.15, 0.2) is 11.7 Å². The topological polar surface area (TPSA) is 101 Å². The Labute approximate surface area is 198 Å². The average molecular weight is 537 g/mol. The van der Waals surface area contributed by atoms with Crippen LogP contribution in [0.2, 0.25) is 0 Å². The molecule has 0 aromatic carbocycles. The van der Waals surface area contributed by atoms with Gasteiger partial charge in [0, 0.05) is 19.2 Å². The molecule has 0 radical (unpaired) electrons. The summed E-state index contributed by atoms with van der Waals surface area (Å²) in [5.74, 6) is 1.69. The molecule has 0 saturated carbocycles. The third-order valence-corrected chi connectivity index (χ3v) is 4.62. The Bertz CT molecular complexity index is 664. The maximum absolute atomic E-state index is 12.3. The molecule has 9 heteroatoms. The van der Waals surface area contributed by atoms with E-state index in [-0.39, 0.29) is 24.0 Å². The number of rotatable bonds is 9. The van der Waals surface area contributed by atoms with Crippen molar-refractivity contribution in [1.29, 1.82) is 0 Å². The normalized spacial score (nSPS) is 12.4. The summed E-state index contributed by atoms with van der Waals surface area (Å²) < 4.78 is 10.8. The van der Waals surface area contributed by atoms with Crippen molar-refractivity contribution in [3.05, 3.63) is 17.5 Å². The van der Waals surface area contributed by atoms with E-state index in [1.807, 2.05) is 33.8 Å². The molecule has 1 amide bonds. The molecule has 1 heterocycles. The van der Waals surface area contributed by atoms with Crippen molar-refractivity contribution in [3.63, 3.8) is 0 Å². The highest BCUT2D eigenvalue weighted by Crippen LogP contribution is 2.17. The summed E-state index contributed by atoms with van der Waals surface area (Å²) >= 11 is 0. The lowest BCUT2D eigenvalue weighted by Crippen LogP contribution is -2.57. The van der Waals surface area contributed by atoms with Crippen LogP contribution in [0.1, 0.15) is 85.6 Å². The van der Waals surface area contributed by atoms with E-state index in [2.05, 4.69) is 53.8 Å². The second-order valence-electron chi connectivity index (χ2n) is 8.54. The Hall–Kier alpha value is -1.52. The molecule has 0 atom stereocenters. The van der Waals surface area contributed by atoms with Crippen molar-refractivity contribution in [2.75, 3.05) is 13.1 Å². The van der Waals surface area contributed by atoms with Crippen molar-refractivity contribution < 1.29 is 14.1 Å². The minimum atomic E-state index is -0.535. The number of hydrogen-bond acceptors (Lipinski definition) is 5. The van der Waals surface area contributed by atoms with Crippen molar-refractivity contribution in [3.8, 4) is 0 Å². The van der Waals surface area contributed by atoms with E-state index in [4.69, 9.17) is 9.26 Å². The van der Waals surface area contributed by atoms with Gasteiger partial charge in [-0.2, -0.15) is 0 Å². The maximum atomic E-state index is 12.3. The number of ether oxygens (including phenoxy) is 1. The standard InChI is InChI=1S/C21H39N5O3.HI/c1-9-21(10-2,25-19(27)28-20(6,7)8)14-24-18(22-11-3)23-13-16-12-17(15(4)5)26-29-16;/h12,15H,9-11,13-14H2,1-8H3,(H,25,27)(H2,22,23,24);1H. The second kappa shape index (κ2) is 13.0. The van der Waals surface area contributed by atoms with E-state index in [9.17, 15) is 4.79 Å². The van der Waals surface area contributed by atoms with E-state index in [0.29, 0.717) is 25.0 Å². The Balaban J connectivity index is 0.00000841. The molecule has 0 bridgehead atoms. The molecule has 0 spiro atoms. The molecular formula is C21H40IN5O3. The lowest BCUT2D eigenvalue weighted by Gasteiger charge is -2.34. The zero-order valence-electron chi connectivity index (χ0n) is 19.7. The van der Waals surface area contributed by atoms with Gasteiger partial charge < -0.3 is 25.2 Å². The first-order valence-corrected chi connectivity index (χ1v) is 10.5. The summed E-state index contributed by atoms with van der Waals surface area (Å²) in [6.45, 7) is 17.5. The predicted octanol–water partition coefficient (Wildman–Crippen LogP) is 4.55. The van der Waals surface area contributed by atoms with Crippen LogP contribution in [0.3, 0.4) is 0 Å². The van der Waals surface area contributed by atoms with Gasteiger partial charge in [0.1, 0.15) is 12.1 Å². The van der Waals surface area contributed by atoms with E-state index in [0.717, 1.165) is 30.8 Å². The fourth-order valence-corrected chi connectivity index (χ4v) is 2.67. The predicted molar refractivity (Wildman–Crippen MR) is 132 cm³/mol. The molecule has 8 nitrogen and oxygen atoms in total. The number of carbonyl (C=O) groups is 1. The highest BCUT2D eigenvalue weighted by molar-refractivity contribution is 14.0. The first-order valence-electron chi connectivity index (χ1n) is 10.5. The number of aliphatic imine (C=N–C) groups is 1. The molecular weight excluding hydrogens is 497 g/mol. The average Bonchev–Trinajstić information content (AvgIpc) is 3.10. The highest BCUT2D eigenvalue weighted by Gasteiger charge is 2.30. The lowest BCUT2D eigenvalue weighted by molar-refractivity contribution is 0.0448. The smallest absolute Gasteiger partial charge is 0.408 e. The number of amides is 1.